The molecule has 4 aliphatic heterocycles. The van der Waals surface area contributed by atoms with Crippen molar-refractivity contribution < 1.29 is 23.9 Å². The molecule has 3 aromatic carbocycles. The highest BCUT2D eigenvalue weighted by Gasteiger charge is 2.40. The van der Waals surface area contributed by atoms with Gasteiger partial charge < -0.3 is 30.5 Å². The third kappa shape index (κ3) is 8.63. The van der Waals surface area contributed by atoms with E-state index in [0.29, 0.717) is 59.8 Å². The molecule has 4 amide bonds. The lowest BCUT2D eigenvalue weighted by Gasteiger charge is -2.35. The summed E-state index contributed by atoms with van der Waals surface area (Å²) in [4.78, 5) is 68.3. The van der Waals surface area contributed by atoms with Crippen molar-refractivity contribution in [1.82, 2.24) is 44.7 Å². The number of hydrogen-bond acceptors (Lipinski definition) is 12. The van der Waals surface area contributed by atoms with Crippen molar-refractivity contribution in [3.63, 3.8) is 0 Å². The number of nitrogens with zero attached hydrogens (tertiary/aromatic N) is 8. The Hall–Kier alpha value is -6.39. The number of hydrogen-bond donors (Lipinski definition) is 3. The minimum Gasteiger partial charge on any atom is -0.457 e. The number of carbonyl (C=O) groups excluding carboxylic acids is 4. The Morgan fingerprint density at radius 3 is 2.43 bits per heavy atom. The Balaban J connectivity index is 0.733. The van der Waals surface area contributed by atoms with Gasteiger partial charge >= 0.3 is 0 Å². The third-order valence-corrected chi connectivity index (χ3v) is 12.4. The van der Waals surface area contributed by atoms with Gasteiger partial charge in [-0.15, -0.1) is 0 Å². The number of ether oxygens (including phenoxy) is 1. The highest BCUT2D eigenvalue weighted by molar-refractivity contribution is 6.06. The maximum atomic E-state index is 13.6. The first-order valence-electron chi connectivity index (χ1n) is 21.3. The molecule has 0 bridgehead atoms. The number of nitrogens with one attached hydrogen (secondary N) is 2. The van der Waals surface area contributed by atoms with E-state index in [1.54, 1.807) is 11.0 Å². The topological polar surface area (TPSA) is 184 Å². The van der Waals surface area contributed by atoms with Crippen LogP contribution in [0.5, 0.6) is 11.5 Å². The standard InChI is InChI=1S/C45H51N11O5/c46-42-40-41(30-13-15-33(16-14-30)61-32-8-2-1-3-9-32)51-56(43(40)49-29-48-42)31-7-5-21-54(27-31)39(58)12-6-20-52-23-25-53(26-24-52)22-19-47-36-11-4-10-34-35(36)28-55(45(34)60)37-17-18-38(57)50-44(37)59/h1-4,8-11,13-16,29,31,37,47H,5-7,12,17-28H2,(H2,46,48,49)(H,50,57,59). The molecule has 2 atom stereocenters. The van der Waals surface area contributed by atoms with Gasteiger partial charge in [0.2, 0.25) is 17.7 Å². The summed E-state index contributed by atoms with van der Waals surface area (Å²) < 4.78 is 7.94. The molecular formula is C45H51N11O5. The fourth-order valence-electron chi connectivity index (χ4n) is 9.09. The minimum atomic E-state index is -0.630. The van der Waals surface area contributed by atoms with Crippen LogP contribution in [0.3, 0.4) is 0 Å². The Labute approximate surface area is 354 Å². The van der Waals surface area contributed by atoms with Crippen LogP contribution >= 0.6 is 0 Å². The lowest BCUT2D eigenvalue weighted by Crippen LogP contribution is -2.52. The molecule has 16 nitrogen and oxygen atoms in total. The molecule has 3 saturated heterocycles. The van der Waals surface area contributed by atoms with Gasteiger partial charge in [-0.2, -0.15) is 5.10 Å². The van der Waals surface area contributed by atoms with E-state index in [1.807, 2.05) is 76.3 Å². The van der Waals surface area contributed by atoms with Gasteiger partial charge in [-0.3, -0.25) is 29.4 Å². The second-order valence-corrected chi connectivity index (χ2v) is 16.3. The second-order valence-electron chi connectivity index (χ2n) is 16.3. The molecule has 3 fully saturated rings. The Morgan fingerprint density at radius 2 is 1.64 bits per heavy atom. The van der Waals surface area contributed by atoms with E-state index >= 15 is 0 Å². The van der Waals surface area contributed by atoms with Crippen molar-refractivity contribution in [1.29, 1.82) is 0 Å². The molecule has 2 aromatic heterocycles. The maximum absolute atomic E-state index is 13.6. The number of amides is 4. The summed E-state index contributed by atoms with van der Waals surface area (Å²) in [6.07, 6.45) is 5.11. The first kappa shape index (κ1) is 40.0. The van der Waals surface area contributed by atoms with Gasteiger partial charge in [-0.1, -0.05) is 24.3 Å². The van der Waals surface area contributed by atoms with Crippen molar-refractivity contribution in [2.24, 2.45) is 0 Å². The molecule has 4 N–H and O–H groups in total. The SMILES string of the molecule is Nc1ncnc2c1c(-c1ccc(Oc3ccccc3)cc1)nn2C1CCCN(C(=O)CCCN2CCN(CCNc3cccc4c3CN(C3CCC(=O)NC3=O)C4=O)CC2)C1. The number of piperazine rings is 1. The van der Waals surface area contributed by atoms with E-state index in [0.717, 1.165) is 94.2 Å². The number of carbonyl (C=O) groups is 4. The predicted octanol–water partition coefficient (Wildman–Crippen LogP) is 4.30. The zero-order valence-corrected chi connectivity index (χ0v) is 34.2. The molecule has 2 unspecified atom stereocenters. The van der Waals surface area contributed by atoms with Crippen molar-refractivity contribution in [3.8, 4) is 22.8 Å². The summed E-state index contributed by atoms with van der Waals surface area (Å²) in [7, 11) is 0. The normalized spacial score (nSPS) is 19.9. The molecule has 16 heteroatoms. The number of rotatable bonds is 13. The number of fused-ring (bicyclic) bond motifs is 2. The van der Waals surface area contributed by atoms with Crippen LogP contribution in [0.4, 0.5) is 11.5 Å². The fourth-order valence-corrected chi connectivity index (χ4v) is 9.09. The number of likely N-dealkylation sites (tertiary alicyclic amines) is 1. The summed E-state index contributed by atoms with van der Waals surface area (Å²) in [5.41, 5.74) is 11.1. The van der Waals surface area contributed by atoms with Gasteiger partial charge in [-0.05, 0) is 80.8 Å². The van der Waals surface area contributed by atoms with Crippen molar-refractivity contribution in [2.75, 3.05) is 70.0 Å². The lowest BCUT2D eigenvalue weighted by molar-refractivity contribution is -0.137. The highest BCUT2D eigenvalue weighted by Crippen LogP contribution is 2.36. The number of nitrogen functional groups attached to an aromatic ring is 1. The number of aromatic nitrogens is 4. The Morgan fingerprint density at radius 1 is 0.869 bits per heavy atom. The molecule has 0 spiro atoms. The zero-order valence-electron chi connectivity index (χ0n) is 34.2. The van der Waals surface area contributed by atoms with Crippen LogP contribution in [0.15, 0.2) is 79.1 Å². The molecule has 9 rings (SSSR count). The summed E-state index contributed by atoms with van der Waals surface area (Å²) in [6, 6.07) is 22.4. The monoisotopic (exact) mass is 825 g/mol. The number of imide groups is 1. The van der Waals surface area contributed by atoms with Gasteiger partial charge in [0, 0.05) is 94.1 Å². The van der Waals surface area contributed by atoms with E-state index in [1.165, 1.54) is 6.33 Å². The van der Waals surface area contributed by atoms with Crippen LogP contribution in [0.25, 0.3) is 22.3 Å². The third-order valence-electron chi connectivity index (χ3n) is 12.4. The van der Waals surface area contributed by atoms with Gasteiger partial charge in [0.25, 0.3) is 5.91 Å². The smallest absolute Gasteiger partial charge is 0.255 e. The van der Waals surface area contributed by atoms with Crippen LogP contribution in [-0.4, -0.2) is 128 Å². The molecule has 316 valence electrons. The van der Waals surface area contributed by atoms with Crippen LogP contribution < -0.4 is 21.1 Å². The number of nitrogens with two attached hydrogens (primary N) is 1. The van der Waals surface area contributed by atoms with E-state index in [9.17, 15) is 19.2 Å². The first-order chi connectivity index (χ1) is 29.8. The summed E-state index contributed by atoms with van der Waals surface area (Å²) in [5.74, 6) is 1.15. The van der Waals surface area contributed by atoms with Crippen molar-refractivity contribution in [2.45, 2.75) is 57.2 Å². The second kappa shape index (κ2) is 17.7. The number of para-hydroxylation sites is 1. The number of benzene rings is 3. The molecule has 0 radical (unpaired) electrons. The van der Waals surface area contributed by atoms with Crippen LogP contribution in [0, 0.1) is 0 Å². The average Bonchev–Trinajstić information content (AvgIpc) is 3.84. The molecular weight excluding hydrogens is 775 g/mol. The molecule has 0 aliphatic carbocycles. The van der Waals surface area contributed by atoms with Crippen LogP contribution in [0.2, 0.25) is 0 Å². The Kier molecular flexibility index (Phi) is 11.6. The minimum absolute atomic E-state index is 0.0377. The predicted molar refractivity (Wildman–Crippen MR) is 230 cm³/mol. The molecule has 5 aromatic rings. The van der Waals surface area contributed by atoms with Crippen molar-refractivity contribution in [3.05, 3.63) is 90.3 Å². The van der Waals surface area contributed by atoms with E-state index < -0.39 is 11.9 Å². The fraction of sp³-hybridized carbons (Fsp3) is 0.400. The van der Waals surface area contributed by atoms with Gasteiger partial charge in [0.05, 0.1) is 11.4 Å². The Bertz CT molecular complexity index is 2420. The highest BCUT2D eigenvalue weighted by atomic mass is 16.5. The first-order valence-corrected chi connectivity index (χ1v) is 21.3. The zero-order chi connectivity index (χ0) is 41.9. The molecule has 0 saturated carbocycles. The summed E-state index contributed by atoms with van der Waals surface area (Å²) in [6.45, 7) is 7.87. The summed E-state index contributed by atoms with van der Waals surface area (Å²) in [5, 5.41) is 11.7. The number of piperidine rings is 2. The largest absolute Gasteiger partial charge is 0.457 e. The van der Waals surface area contributed by atoms with Crippen LogP contribution in [-0.2, 0) is 20.9 Å². The van der Waals surface area contributed by atoms with Gasteiger partial charge in [-0.25, -0.2) is 14.6 Å². The van der Waals surface area contributed by atoms with Crippen LogP contribution in [0.1, 0.15) is 60.5 Å². The van der Waals surface area contributed by atoms with E-state index in [4.69, 9.17) is 15.6 Å². The number of anilines is 2. The average molecular weight is 826 g/mol. The van der Waals surface area contributed by atoms with Crippen molar-refractivity contribution >= 4 is 46.2 Å². The lowest BCUT2D eigenvalue weighted by atomic mass is 10.0. The molecule has 61 heavy (non-hydrogen) atoms. The van der Waals surface area contributed by atoms with Gasteiger partial charge in [0.15, 0.2) is 5.65 Å². The summed E-state index contributed by atoms with van der Waals surface area (Å²) >= 11 is 0. The van der Waals surface area contributed by atoms with E-state index in [2.05, 4.69) is 30.4 Å². The molecule has 4 aliphatic rings. The maximum Gasteiger partial charge on any atom is 0.255 e. The van der Waals surface area contributed by atoms with E-state index in [-0.39, 0.29) is 30.2 Å². The van der Waals surface area contributed by atoms with Gasteiger partial charge in [0.1, 0.15) is 35.4 Å². The molecule has 6 heterocycles. The quantitative estimate of drug-likeness (QED) is 0.143.